The van der Waals surface area contributed by atoms with Crippen molar-refractivity contribution in [3.8, 4) is 0 Å². The largest absolute Gasteiger partial charge is 0.341 e. The quantitative estimate of drug-likeness (QED) is 0.620. The van der Waals surface area contributed by atoms with E-state index in [2.05, 4.69) is 12.6 Å². The van der Waals surface area contributed by atoms with E-state index < -0.39 is 0 Å². The van der Waals surface area contributed by atoms with Crippen LogP contribution < -0.4 is 0 Å². The summed E-state index contributed by atoms with van der Waals surface area (Å²) in [7, 11) is 1.71. The molecule has 0 bridgehead atoms. The second-order valence-corrected chi connectivity index (χ2v) is 3.64. The van der Waals surface area contributed by atoms with Gasteiger partial charge in [0.1, 0.15) is 6.29 Å². The molecular formula is C11H13NO2S. The molecule has 0 N–H and O–H groups in total. The van der Waals surface area contributed by atoms with Crippen molar-refractivity contribution in [2.75, 3.05) is 19.3 Å². The van der Waals surface area contributed by atoms with Gasteiger partial charge < -0.3 is 4.90 Å². The van der Waals surface area contributed by atoms with E-state index in [0.717, 1.165) is 6.29 Å². The topological polar surface area (TPSA) is 37.4 Å². The molecule has 0 unspecified atom stereocenters. The van der Waals surface area contributed by atoms with Crippen LogP contribution >= 0.6 is 12.6 Å². The van der Waals surface area contributed by atoms with Crippen molar-refractivity contribution in [2.45, 2.75) is 0 Å². The molecule has 0 radical (unpaired) electrons. The first-order valence-corrected chi connectivity index (χ1v) is 5.24. The molecule has 4 heteroatoms. The van der Waals surface area contributed by atoms with Crippen molar-refractivity contribution in [2.24, 2.45) is 0 Å². The Bertz CT molecular complexity index is 365. The number of carbonyl (C=O) groups excluding carboxylic acids is 2. The minimum absolute atomic E-state index is 0.0900. The summed E-state index contributed by atoms with van der Waals surface area (Å²) >= 11 is 4.06. The summed E-state index contributed by atoms with van der Waals surface area (Å²) in [6, 6.07) is 6.66. The van der Waals surface area contributed by atoms with Gasteiger partial charge in [-0.25, -0.2) is 0 Å². The van der Waals surface area contributed by atoms with E-state index >= 15 is 0 Å². The maximum atomic E-state index is 11.8. The summed E-state index contributed by atoms with van der Waals surface area (Å²) in [6.45, 7) is 0.591. The average Bonchev–Trinajstić information content (AvgIpc) is 2.28. The van der Waals surface area contributed by atoms with Gasteiger partial charge in [0.05, 0.1) is 0 Å². The molecule has 80 valence electrons. The van der Waals surface area contributed by atoms with Crippen LogP contribution in [0.1, 0.15) is 20.7 Å². The summed E-state index contributed by atoms with van der Waals surface area (Å²) in [5.74, 6) is 0.531. The van der Waals surface area contributed by atoms with Gasteiger partial charge in [-0.15, -0.1) is 0 Å². The van der Waals surface area contributed by atoms with Gasteiger partial charge >= 0.3 is 0 Å². The number of carbonyl (C=O) groups is 2. The summed E-state index contributed by atoms with van der Waals surface area (Å²) in [5, 5.41) is 0. The van der Waals surface area contributed by atoms with E-state index in [-0.39, 0.29) is 5.91 Å². The summed E-state index contributed by atoms with van der Waals surface area (Å²) < 4.78 is 0. The van der Waals surface area contributed by atoms with Crippen molar-refractivity contribution in [3.63, 3.8) is 0 Å². The SMILES string of the molecule is CN(CCS)C(=O)c1cccc(C=O)c1. The second kappa shape index (κ2) is 5.56. The van der Waals surface area contributed by atoms with Gasteiger partial charge in [-0.2, -0.15) is 12.6 Å². The molecule has 0 saturated heterocycles. The second-order valence-electron chi connectivity index (χ2n) is 3.19. The Morgan fingerprint density at radius 1 is 1.53 bits per heavy atom. The van der Waals surface area contributed by atoms with Crippen LogP contribution in [0.2, 0.25) is 0 Å². The smallest absolute Gasteiger partial charge is 0.253 e. The number of rotatable bonds is 4. The molecule has 0 atom stereocenters. The molecule has 1 aromatic carbocycles. The Kier molecular flexibility index (Phi) is 4.37. The average molecular weight is 223 g/mol. The minimum Gasteiger partial charge on any atom is -0.341 e. The lowest BCUT2D eigenvalue weighted by atomic mass is 10.1. The highest BCUT2D eigenvalue weighted by Gasteiger charge is 2.10. The summed E-state index contributed by atoms with van der Waals surface area (Å²) in [5.41, 5.74) is 1.05. The van der Waals surface area contributed by atoms with Crippen molar-refractivity contribution >= 4 is 24.8 Å². The van der Waals surface area contributed by atoms with Gasteiger partial charge in [0, 0.05) is 30.5 Å². The molecule has 0 spiro atoms. The Morgan fingerprint density at radius 2 is 2.27 bits per heavy atom. The third-order valence-electron chi connectivity index (χ3n) is 2.05. The third kappa shape index (κ3) is 3.09. The molecule has 0 aliphatic carbocycles. The number of nitrogens with zero attached hydrogens (tertiary/aromatic N) is 1. The highest BCUT2D eigenvalue weighted by atomic mass is 32.1. The number of thiol groups is 1. The fourth-order valence-electron chi connectivity index (χ4n) is 1.22. The molecule has 0 aromatic heterocycles. The Hall–Kier alpha value is -1.29. The zero-order valence-corrected chi connectivity index (χ0v) is 9.41. The van der Waals surface area contributed by atoms with Gasteiger partial charge in [0.25, 0.3) is 5.91 Å². The number of aldehydes is 1. The fraction of sp³-hybridized carbons (Fsp3) is 0.273. The van der Waals surface area contributed by atoms with Gasteiger partial charge in [0.2, 0.25) is 0 Å². The number of hydrogen-bond acceptors (Lipinski definition) is 3. The molecule has 0 fully saturated rings. The highest BCUT2D eigenvalue weighted by molar-refractivity contribution is 7.80. The van der Waals surface area contributed by atoms with Gasteiger partial charge in [-0.3, -0.25) is 9.59 Å². The van der Waals surface area contributed by atoms with Crippen molar-refractivity contribution in [1.29, 1.82) is 0 Å². The Morgan fingerprint density at radius 3 is 2.87 bits per heavy atom. The predicted molar refractivity (Wildman–Crippen MR) is 62.6 cm³/mol. The molecular weight excluding hydrogens is 210 g/mol. The maximum absolute atomic E-state index is 11.8. The van der Waals surface area contributed by atoms with E-state index in [1.54, 1.807) is 36.2 Å². The van der Waals surface area contributed by atoms with E-state index in [0.29, 0.717) is 23.4 Å². The third-order valence-corrected chi connectivity index (χ3v) is 2.25. The molecule has 3 nitrogen and oxygen atoms in total. The van der Waals surface area contributed by atoms with Crippen molar-refractivity contribution in [1.82, 2.24) is 4.90 Å². The summed E-state index contributed by atoms with van der Waals surface area (Å²) in [6.07, 6.45) is 0.732. The number of amides is 1. The zero-order chi connectivity index (χ0) is 11.3. The lowest BCUT2D eigenvalue weighted by Crippen LogP contribution is -2.28. The lowest BCUT2D eigenvalue weighted by molar-refractivity contribution is 0.0804. The molecule has 0 saturated carbocycles. The minimum atomic E-state index is -0.0900. The Labute approximate surface area is 94.5 Å². The molecule has 1 aromatic rings. The van der Waals surface area contributed by atoms with E-state index in [1.807, 2.05) is 0 Å². The first kappa shape index (κ1) is 11.8. The van der Waals surface area contributed by atoms with Crippen LogP contribution in [0.25, 0.3) is 0 Å². The van der Waals surface area contributed by atoms with Gasteiger partial charge in [0.15, 0.2) is 0 Å². The van der Waals surface area contributed by atoms with Crippen LogP contribution in [0, 0.1) is 0 Å². The molecule has 0 aliphatic heterocycles. The van der Waals surface area contributed by atoms with Crippen LogP contribution in [-0.2, 0) is 0 Å². The van der Waals surface area contributed by atoms with Gasteiger partial charge in [-0.1, -0.05) is 12.1 Å². The predicted octanol–water partition coefficient (Wildman–Crippen LogP) is 1.50. The normalized spacial score (nSPS) is 9.73. The van der Waals surface area contributed by atoms with Crippen LogP contribution in [-0.4, -0.2) is 36.4 Å². The van der Waals surface area contributed by atoms with E-state index in [4.69, 9.17) is 0 Å². The summed E-state index contributed by atoms with van der Waals surface area (Å²) in [4.78, 5) is 23.9. The monoisotopic (exact) mass is 223 g/mol. The first-order chi connectivity index (χ1) is 7.19. The molecule has 1 rings (SSSR count). The van der Waals surface area contributed by atoms with Crippen LogP contribution in [0.4, 0.5) is 0 Å². The Balaban J connectivity index is 2.85. The number of benzene rings is 1. The van der Waals surface area contributed by atoms with E-state index in [1.165, 1.54) is 0 Å². The molecule has 0 aliphatic rings. The maximum Gasteiger partial charge on any atom is 0.253 e. The fourth-order valence-corrected chi connectivity index (χ4v) is 1.52. The molecule has 15 heavy (non-hydrogen) atoms. The zero-order valence-electron chi connectivity index (χ0n) is 8.51. The van der Waals surface area contributed by atoms with Crippen molar-refractivity contribution < 1.29 is 9.59 Å². The van der Waals surface area contributed by atoms with Crippen LogP contribution in [0.3, 0.4) is 0 Å². The lowest BCUT2D eigenvalue weighted by Gasteiger charge is -2.15. The highest BCUT2D eigenvalue weighted by Crippen LogP contribution is 2.06. The van der Waals surface area contributed by atoms with E-state index in [9.17, 15) is 9.59 Å². The van der Waals surface area contributed by atoms with Crippen LogP contribution in [0.5, 0.6) is 0 Å². The molecule has 0 heterocycles. The van der Waals surface area contributed by atoms with Gasteiger partial charge in [-0.05, 0) is 12.1 Å². The van der Waals surface area contributed by atoms with Crippen molar-refractivity contribution in [3.05, 3.63) is 35.4 Å². The molecule has 1 amide bonds. The van der Waals surface area contributed by atoms with Crippen LogP contribution in [0.15, 0.2) is 24.3 Å². The first-order valence-electron chi connectivity index (χ1n) is 4.60. The number of hydrogen-bond donors (Lipinski definition) is 1. The standard InChI is InChI=1S/C11H13NO2S/c1-12(5-6-15)11(14)10-4-2-3-9(7-10)8-13/h2-4,7-8,15H,5-6H2,1H3.